The molecule has 2 amide bonds. The Bertz CT molecular complexity index is 817. The molecule has 0 aliphatic carbocycles. The van der Waals surface area contributed by atoms with Gasteiger partial charge in [0.1, 0.15) is 5.75 Å². The van der Waals surface area contributed by atoms with E-state index >= 15 is 0 Å². The lowest BCUT2D eigenvalue weighted by atomic mass is 9.78. The van der Waals surface area contributed by atoms with E-state index in [0.717, 1.165) is 29.5 Å². The van der Waals surface area contributed by atoms with E-state index < -0.39 is 0 Å². The molecule has 6 heteroatoms. The van der Waals surface area contributed by atoms with E-state index in [9.17, 15) is 14.7 Å². The van der Waals surface area contributed by atoms with Gasteiger partial charge in [0.05, 0.1) is 13.2 Å². The van der Waals surface area contributed by atoms with Crippen LogP contribution in [0.25, 0.3) is 0 Å². The number of amides is 2. The van der Waals surface area contributed by atoms with Gasteiger partial charge >= 0.3 is 0 Å². The Balaban J connectivity index is 1.60. The molecule has 33 heavy (non-hydrogen) atoms. The first-order valence-corrected chi connectivity index (χ1v) is 12.4. The summed E-state index contributed by atoms with van der Waals surface area (Å²) < 4.78 is 5.35. The second kappa shape index (κ2) is 10.0. The summed E-state index contributed by atoms with van der Waals surface area (Å²) in [5, 5.41) is 10.9. The summed E-state index contributed by atoms with van der Waals surface area (Å²) in [4.78, 5) is 29.5. The van der Waals surface area contributed by atoms with Crippen LogP contribution in [0, 0.1) is 5.92 Å². The van der Waals surface area contributed by atoms with Gasteiger partial charge in [-0.15, -0.1) is 0 Å². The number of morpholine rings is 1. The van der Waals surface area contributed by atoms with Crippen molar-refractivity contribution in [3.05, 3.63) is 28.8 Å². The highest BCUT2D eigenvalue weighted by Crippen LogP contribution is 2.40. The zero-order chi connectivity index (χ0) is 24.4. The highest BCUT2D eigenvalue weighted by molar-refractivity contribution is 5.80. The van der Waals surface area contributed by atoms with Crippen LogP contribution in [0.4, 0.5) is 0 Å². The van der Waals surface area contributed by atoms with Gasteiger partial charge in [-0.3, -0.25) is 9.59 Å². The first-order valence-electron chi connectivity index (χ1n) is 12.4. The van der Waals surface area contributed by atoms with Crippen LogP contribution in [0.3, 0.4) is 0 Å². The van der Waals surface area contributed by atoms with Gasteiger partial charge in [0.2, 0.25) is 11.8 Å². The minimum Gasteiger partial charge on any atom is -0.507 e. The van der Waals surface area contributed by atoms with E-state index in [1.165, 1.54) is 0 Å². The van der Waals surface area contributed by atoms with E-state index in [-0.39, 0.29) is 28.6 Å². The van der Waals surface area contributed by atoms with E-state index in [1.54, 1.807) is 0 Å². The smallest absolute Gasteiger partial charge is 0.225 e. The third-order valence-electron chi connectivity index (χ3n) is 6.93. The number of hydrogen-bond acceptors (Lipinski definition) is 4. The Hall–Kier alpha value is -2.08. The molecule has 0 aromatic heterocycles. The normalized spacial score (nSPS) is 18.5. The van der Waals surface area contributed by atoms with Crippen molar-refractivity contribution in [3.63, 3.8) is 0 Å². The molecule has 2 saturated heterocycles. The zero-order valence-corrected chi connectivity index (χ0v) is 21.4. The Morgan fingerprint density at radius 2 is 1.42 bits per heavy atom. The lowest BCUT2D eigenvalue weighted by Gasteiger charge is -2.35. The van der Waals surface area contributed by atoms with Crippen LogP contribution in [0.15, 0.2) is 12.1 Å². The number of phenolic OH excluding ortho intramolecular Hbond substituents is 1. The molecule has 2 aliphatic heterocycles. The third kappa shape index (κ3) is 6.28. The number of hydrogen-bond donors (Lipinski definition) is 1. The van der Waals surface area contributed by atoms with Gasteiger partial charge in [0.15, 0.2) is 0 Å². The summed E-state index contributed by atoms with van der Waals surface area (Å²) in [6.45, 7) is 16.5. The molecule has 2 aliphatic rings. The molecule has 0 saturated carbocycles. The van der Waals surface area contributed by atoms with Crippen LogP contribution in [0.5, 0.6) is 5.75 Å². The quantitative estimate of drug-likeness (QED) is 0.740. The van der Waals surface area contributed by atoms with Crippen LogP contribution in [-0.2, 0) is 31.6 Å². The number of aromatic hydroxyl groups is 1. The van der Waals surface area contributed by atoms with Crippen molar-refractivity contribution >= 4 is 11.8 Å². The van der Waals surface area contributed by atoms with E-state index in [1.807, 2.05) is 9.80 Å². The summed E-state index contributed by atoms with van der Waals surface area (Å²) in [5.41, 5.74) is 2.59. The van der Waals surface area contributed by atoms with Crippen molar-refractivity contribution in [2.75, 3.05) is 39.4 Å². The van der Waals surface area contributed by atoms with Crippen LogP contribution in [-0.4, -0.2) is 66.1 Å². The Labute approximate surface area is 199 Å². The van der Waals surface area contributed by atoms with Gasteiger partial charge in [-0.25, -0.2) is 0 Å². The summed E-state index contributed by atoms with van der Waals surface area (Å²) >= 11 is 0. The van der Waals surface area contributed by atoms with Gasteiger partial charge in [0, 0.05) is 38.5 Å². The molecular formula is C27H42N2O4. The molecule has 1 N–H and O–H groups in total. The van der Waals surface area contributed by atoms with Gasteiger partial charge in [0.25, 0.3) is 0 Å². The van der Waals surface area contributed by atoms with Crippen molar-refractivity contribution in [1.82, 2.24) is 9.80 Å². The number of benzene rings is 1. The Morgan fingerprint density at radius 3 is 1.91 bits per heavy atom. The first kappa shape index (κ1) is 25.5. The third-order valence-corrected chi connectivity index (χ3v) is 6.93. The molecule has 2 fully saturated rings. The zero-order valence-electron chi connectivity index (χ0n) is 21.4. The second-order valence-electron chi connectivity index (χ2n) is 11.6. The van der Waals surface area contributed by atoms with E-state index in [0.29, 0.717) is 58.0 Å². The van der Waals surface area contributed by atoms with Crippen molar-refractivity contribution in [2.45, 2.75) is 78.1 Å². The fraction of sp³-hybridized carbons (Fsp3) is 0.704. The standard InChI is InChI=1S/C27H42N2O4/c1-26(2,3)21-17-19(18-22(24(21)31)27(4,5)6)7-8-23(30)28-11-9-20(10-12-28)25(32)29-13-15-33-16-14-29/h17-18,20,31H,7-16H2,1-6H3. The summed E-state index contributed by atoms with van der Waals surface area (Å²) in [6.07, 6.45) is 2.57. The lowest BCUT2D eigenvalue weighted by molar-refractivity contribution is -0.143. The molecule has 0 atom stereocenters. The number of carbonyl (C=O) groups excluding carboxylic acids is 2. The average Bonchev–Trinajstić information content (AvgIpc) is 2.76. The van der Waals surface area contributed by atoms with Crippen molar-refractivity contribution in [3.8, 4) is 5.75 Å². The highest BCUT2D eigenvalue weighted by Gasteiger charge is 2.31. The van der Waals surface area contributed by atoms with Crippen LogP contribution in [0.1, 0.15) is 77.5 Å². The molecule has 0 unspecified atom stereocenters. The van der Waals surface area contributed by atoms with Gasteiger partial charge in [-0.2, -0.15) is 0 Å². The number of ether oxygens (including phenoxy) is 1. The maximum Gasteiger partial charge on any atom is 0.225 e. The van der Waals surface area contributed by atoms with Gasteiger partial charge < -0.3 is 19.6 Å². The summed E-state index contributed by atoms with van der Waals surface area (Å²) in [6, 6.07) is 4.12. The summed E-state index contributed by atoms with van der Waals surface area (Å²) in [5.74, 6) is 0.763. The predicted molar refractivity (Wildman–Crippen MR) is 131 cm³/mol. The fourth-order valence-corrected chi connectivity index (χ4v) is 4.81. The minimum absolute atomic E-state index is 0.0212. The number of nitrogens with zero attached hydrogens (tertiary/aromatic N) is 2. The molecule has 1 aromatic rings. The topological polar surface area (TPSA) is 70.1 Å². The monoisotopic (exact) mass is 458 g/mol. The first-order chi connectivity index (χ1) is 15.4. The Morgan fingerprint density at radius 1 is 0.909 bits per heavy atom. The maximum atomic E-state index is 12.9. The van der Waals surface area contributed by atoms with Gasteiger partial charge in [-0.05, 0) is 46.8 Å². The molecule has 3 rings (SSSR count). The Kier molecular flexibility index (Phi) is 7.77. The molecular weight excluding hydrogens is 416 g/mol. The fourth-order valence-electron chi connectivity index (χ4n) is 4.81. The van der Waals surface area contributed by atoms with Crippen LogP contribution < -0.4 is 0 Å². The van der Waals surface area contributed by atoms with Crippen molar-refractivity contribution in [1.29, 1.82) is 0 Å². The van der Waals surface area contributed by atoms with Crippen molar-refractivity contribution in [2.24, 2.45) is 5.92 Å². The molecule has 0 spiro atoms. The molecule has 2 heterocycles. The van der Waals surface area contributed by atoms with Crippen LogP contribution in [0.2, 0.25) is 0 Å². The molecule has 0 radical (unpaired) electrons. The number of rotatable bonds is 4. The molecule has 0 bridgehead atoms. The maximum absolute atomic E-state index is 12.9. The van der Waals surface area contributed by atoms with E-state index in [2.05, 4.69) is 53.7 Å². The van der Waals surface area contributed by atoms with E-state index in [4.69, 9.17) is 4.74 Å². The molecule has 1 aromatic carbocycles. The number of carbonyl (C=O) groups is 2. The minimum atomic E-state index is -0.182. The second-order valence-corrected chi connectivity index (χ2v) is 11.6. The predicted octanol–water partition coefficient (Wildman–Crippen LogP) is 4.02. The summed E-state index contributed by atoms with van der Waals surface area (Å²) in [7, 11) is 0. The van der Waals surface area contributed by atoms with Gasteiger partial charge in [-0.1, -0.05) is 53.7 Å². The largest absolute Gasteiger partial charge is 0.507 e. The number of aryl methyl sites for hydroxylation is 1. The SMILES string of the molecule is CC(C)(C)c1cc(CCC(=O)N2CCC(C(=O)N3CCOCC3)CC2)cc(C(C)(C)C)c1O. The van der Waals surface area contributed by atoms with Crippen LogP contribution >= 0.6 is 0 Å². The molecule has 184 valence electrons. The lowest BCUT2D eigenvalue weighted by Crippen LogP contribution is -2.47. The molecule has 6 nitrogen and oxygen atoms in total. The van der Waals surface area contributed by atoms with Crippen molar-refractivity contribution < 1.29 is 19.4 Å². The average molecular weight is 459 g/mol. The highest BCUT2D eigenvalue weighted by atomic mass is 16.5. The number of likely N-dealkylation sites (tertiary alicyclic amines) is 1. The number of phenols is 1. The number of piperidine rings is 1.